The molecule has 8 nitrogen and oxygen atoms in total. The first-order chi connectivity index (χ1) is 17.1. The van der Waals surface area contributed by atoms with Crippen LogP contribution in [0, 0.1) is 0 Å². The summed E-state index contributed by atoms with van der Waals surface area (Å²) < 4.78 is 21.6. The number of nitrogens with zero attached hydrogens (tertiary/aromatic N) is 3. The number of thiophene rings is 1. The molecule has 4 heterocycles. The second kappa shape index (κ2) is 11.1. The van der Waals surface area contributed by atoms with Crippen LogP contribution >= 0.6 is 22.7 Å². The van der Waals surface area contributed by atoms with Crippen LogP contribution in [-0.4, -0.2) is 69.6 Å². The summed E-state index contributed by atoms with van der Waals surface area (Å²) in [5, 5.41) is 3.90. The maximum absolute atomic E-state index is 12.6. The van der Waals surface area contributed by atoms with Crippen molar-refractivity contribution in [2.24, 2.45) is 0 Å². The number of piperazine rings is 1. The van der Waals surface area contributed by atoms with Gasteiger partial charge in [-0.15, -0.1) is 11.3 Å². The van der Waals surface area contributed by atoms with E-state index in [-0.39, 0.29) is 5.97 Å². The molecule has 2 N–H and O–H groups in total. The molecule has 184 valence electrons. The van der Waals surface area contributed by atoms with E-state index in [0.717, 1.165) is 64.2 Å². The number of ether oxygens (including phenoxy) is 1. The lowest BCUT2D eigenvalue weighted by Gasteiger charge is -2.33. The summed E-state index contributed by atoms with van der Waals surface area (Å²) in [6.07, 6.45) is 1.95. The second-order valence-corrected chi connectivity index (χ2v) is 11.7. The number of carbonyl (C=O) groups is 1. The molecule has 0 spiro atoms. The number of anilines is 1. The molecule has 1 atom stereocenters. The molecule has 0 saturated carbocycles. The van der Waals surface area contributed by atoms with Crippen molar-refractivity contribution in [2.75, 3.05) is 44.1 Å². The highest BCUT2D eigenvalue weighted by atomic mass is 32.2. The molecule has 5 rings (SSSR count). The standard InChI is InChI=1S/C24H27N5O3S3/c1-2-32-21(30)16-29-10-8-28(9-11-29)15-18-14-25-24(34-18)20-13-17-5-3-6-19(23(17)26-20)27-35(31)22-7-4-12-33-22/h3-7,12-14,26-27H,2,8-11,15-16H2,1H3. The summed E-state index contributed by atoms with van der Waals surface area (Å²) in [6, 6.07) is 11.8. The van der Waals surface area contributed by atoms with Crippen molar-refractivity contribution in [3.63, 3.8) is 0 Å². The van der Waals surface area contributed by atoms with E-state index in [9.17, 15) is 9.35 Å². The van der Waals surface area contributed by atoms with Crippen LogP contribution in [0.25, 0.3) is 21.6 Å². The van der Waals surface area contributed by atoms with Gasteiger partial charge < -0.3 is 14.3 Å². The molecule has 0 radical (unpaired) electrons. The fraction of sp³-hybridized carbons (Fsp3) is 0.333. The summed E-state index contributed by atoms with van der Waals surface area (Å²) in [5.41, 5.74) is 2.67. The van der Waals surface area contributed by atoms with Crippen molar-refractivity contribution in [3.05, 3.63) is 52.9 Å². The van der Waals surface area contributed by atoms with Crippen molar-refractivity contribution < 1.29 is 14.1 Å². The van der Waals surface area contributed by atoms with E-state index in [1.165, 1.54) is 16.2 Å². The number of para-hydroxylation sites is 1. The minimum absolute atomic E-state index is 0.150. The molecule has 0 bridgehead atoms. The van der Waals surface area contributed by atoms with E-state index in [1.807, 2.05) is 48.8 Å². The lowest BCUT2D eigenvalue weighted by Crippen LogP contribution is -2.47. The molecular weight excluding hydrogens is 502 g/mol. The zero-order valence-electron chi connectivity index (χ0n) is 19.4. The van der Waals surface area contributed by atoms with Crippen molar-refractivity contribution in [1.82, 2.24) is 19.8 Å². The Labute approximate surface area is 215 Å². The number of carbonyl (C=O) groups excluding carboxylic acids is 1. The van der Waals surface area contributed by atoms with Gasteiger partial charge >= 0.3 is 5.97 Å². The van der Waals surface area contributed by atoms with Gasteiger partial charge in [0.25, 0.3) is 0 Å². The first-order valence-electron chi connectivity index (χ1n) is 11.5. The van der Waals surface area contributed by atoms with Gasteiger partial charge in [0.1, 0.15) is 22.1 Å². The maximum atomic E-state index is 12.6. The monoisotopic (exact) mass is 529 g/mol. The summed E-state index contributed by atoms with van der Waals surface area (Å²) >= 11 is 1.85. The second-order valence-electron chi connectivity index (χ2n) is 8.24. The Balaban J connectivity index is 1.22. The van der Waals surface area contributed by atoms with Crippen LogP contribution < -0.4 is 4.72 Å². The highest BCUT2D eigenvalue weighted by Gasteiger charge is 2.21. The SMILES string of the molecule is CCOC(=O)CN1CCN(Cc2cnc(-c3cc4cccc(N[S+]([O-])c5cccs5)c4[nH]3)s2)CC1. The Morgan fingerprint density at radius 1 is 1.23 bits per heavy atom. The van der Waals surface area contributed by atoms with E-state index >= 15 is 0 Å². The smallest absolute Gasteiger partial charge is 0.320 e. The van der Waals surface area contributed by atoms with Crippen LogP contribution in [0.3, 0.4) is 0 Å². The Morgan fingerprint density at radius 3 is 2.83 bits per heavy atom. The minimum atomic E-state index is -1.30. The van der Waals surface area contributed by atoms with Crippen LogP contribution in [0.5, 0.6) is 0 Å². The topological polar surface area (TPSA) is 96.6 Å². The molecular formula is C24H27N5O3S3. The lowest BCUT2D eigenvalue weighted by atomic mass is 10.2. The fourth-order valence-electron chi connectivity index (χ4n) is 4.10. The van der Waals surface area contributed by atoms with Crippen molar-refractivity contribution in [3.8, 4) is 10.7 Å². The van der Waals surface area contributed by atoms with Crippen LogP contribution in [0.15, 0.2) is 52.2 Å². The molecule has 3 aromatic heterocycles. The average Bonchev–Trinajstić information content (AvgIpc) is 3.61. The van der Waals surface area contributed by atoms with Crippen molar-refractivity contribution in [2.45, 2.75) is 17.7 Å². The largest absolute Gasteiger partial charge is 0.587 e. The van der Waals surface area contributed by atoms with Crippen molar-refractivity contribution in [1.29, 1.82) is 0 Å². The Morgan fingerprint density at radius 2 is 2.06 bits per heavy atom. The number of rotatable bonds is 9. The fourth-order valence-corrected chi connectivity index (χ4v) is 6.78. The Bertz CT molecular complexity index is 1260. The molecule has 0 aliphatic carbocycles. The molecule has 35 heavy (non-hydrogen) atoms. The molecule has 11 heteroatoms. The molecule has 1 fully saturated rings. The van der Waals surface area contributed by atoms with Gasteiger partial charge in [-0.2, -0.15) is 0 Å². The zero-order chi connectivity index (χ0) is 24.2. The molecule has 1 unspecified atom stereocenters. The highest BCUT2D eigenvalue weighted by Crippen LogP contribution is 2.32. The van der Waals surface area contributed by atoms with E-state index in [1.54, 1.807) is 11.3 Å². The van der Waals surface area contributed by atoms with E-state index in [2.05, 4.69) is 30.6 Å². The van der Waals surface area contributed by atoms with Gasteiger partial charge in [-0.05, 0) is 30.5 Å². The Kier molecular flexibility index (Phi) is 7.71. The zero-order valence-corrected chi connectivity index (χ0v) is 21.8. The van der Waals surface area contributed by atoms with Crippen LogP contribution in [0.1, 0.15) is 11.8 Å². The molecule has 1 aliphatic heterocycles. The van der Waals surface area contributed by atoms with E-state index in [4.69, 9.17) is 4.74 Å². The molecule has 1 aromatic carbocycles. The molecule has 1 saturated heterocycles. The number of aromatic amines is 1. The summed E-state index contributed by atoms with van der Waals surface area (Å²) in [4.78, 5) is 25.6. The number of hydrogen-bond donors (Lipinski definition) is 2. The van der Waals surface area contributed by atoms with Gasteiger partial charge in [0.05, 0.1) is 24.4 Å². The van der Waals surface area contributed by atoms with Crippen molar-refractivity contribution >= 4 is 56.6 Å². The minimum Gasteiger partial charge on any atom is -0.587 e. The third kappa shape index (κ3) is 5.88. The third-order valence-corrected chi connectivity index (χ3v) is 9.15. The summed E-state index contributed by atoms with van der Waals surface area (Å²) in [5.74, 6) is -0.150. The first kappa shape index (κ1) is 24.3. The van der Waals surface area contributed by atoms with Gasteiger partial charge in [-0.3, -0.25) is 14.6 Å². The third-order valence-electron chi connectivity index (χ3n) is 5.82. The van der Waals surface area contributed by atoms with E-state index < -0.39 is 11.4 Å². The number of benzene rings is 1. The first-order valence-corrected chi connectivity index (χ1v) is 14.3. The molecule has 1 aliphatic rings. The van der Waals surface area contributed by atoms with Crippen LogP contribution in [-0.2, 0) is 27.4 Å². The van der Waals surface area contributed by atoms with Gasteiger partial charge in [0.2, 0.25) is 4.21 Å². The maximum Gasteiger partial charge on any atom is 0.320 e. The number of esters is 1. The number of fused-ring (bicyclic) bond motifs is 1. The normalized spacial score (nSPS) is 15.9. The summed E-state index contributed by atoms with van der Waals surface area (Å²) in [7, 11) is 0. The lowest BCUT2D eigenvalue weighted by molar-refractivity contribution is -0.144. The summed E-state index contributed by atoms with van der Waals surface area (Å²) in [6.45, 7) is 7.01. The number of nitrogens with one attached hydrogen (secondary N) is 2. The number of thiazole rings is 1. The van der Waals surface area contributed by atoms with Gasteiger partial charge in [-0.1, -0.05) is 23.5 Å². The van der Waals surface area contributed by atoms with Gasteiger partial charge in [-0.25, -0.2) is 9.71 Å². The number of H-pyrrole nitrogens is 1. The van der Waals surface area contributed by atoms with Crippen LogP contribution in [0.4, 0.5) is 5.69 Å². The average molecular weight is 530 g/mol. The highest BCUT2D eigenvalue weighted by molar-refractivity contribution is 7.94. The van der Waals surface area contributed by atoms with E-state index in [0.29, 0.717) is 13.2 Å². The number of hydrogen-bond acceptors (Lipinski definition) is 9. The van der Waals surface area contributed by atoms with Gasteiger partial charge in [0.15, 0.2) is 0 Å². The van der Waals surface area contributed by atoms with Crippen LogP contribution in [0.2, 0.25) is 0 Å². The number of aromatic nitrogens is 2. The predicted octanol–water partition coefficient (Wildman–Crippen LogP) is 4.17. The van der Waals surface area contributed by atoms with Gasteiger partial charge in [0, 0.05) is 55.3 Å². The molecule has 0 amide bonds. The Hall–Kier alpha value is -2.41. The predicted molar refractivity (Wildman–Crippen MR) is 142 cm³/mol. The quantitative estimate of drug-likeness (QED) is 0.248. The molecule has 4 aromatic rings.